The second kappa shape index (κ2) is 5.75. The second-order valence-electron chi connectivity index (χ2n) is 5.73. The van der Waals surface area contributed by atoms with E-state index < -0.39 is 0 Å². The van der Waals surface area contributed by atoms with Crippen molar-refractivity contribution >= 4 is 27.5 Å². The fourth-order valence-electron chi connectivity index (χ4n) is 3.06. The number of rotatable bonds is 4. The molecule has 1 saturated heterocycles. The van der Waals surface area contributed by atoms with Crippen molar-refractivity contribution < 1.29 is 0 Å². The number of nitrogens with one attached hydrogen (secondary N) is 1. The fraction of sp³-hybridized carbons (Fsp3) is 0.438. The van der Waals surface area contributed by atoms with Gasteiger partial charge in [0.15, 0.2) is 0 Å². The molecule has 3 nitrogen and oxygen atoms in total. The van der Waals surface area contributed by atoms with Crippen molar-refractivity contribution in [2.24, 2.45) is 7.05 Å². The number of benzene rings is 1. The third kappa shape index (κ3) is 2.54. The minimum Gasteiger partial charge on any atom is -0.315 e. The topological polar surface area (TPSA) is 29.9 Å². The lowest BCUT2D eigenvalue weighted by Crippen LogP contribution is -2.58. The van der Waals surface area contributed by atoms with Gasteiger partial charge in [0, 0.05) is 37.0 Å². The van der Waals surface area contributed by atoms with E-state index in [4.69, 9.17) is 11.6 Å². The summed E-state index contributed by atoms with van der Waals surface area (Å²) in [6, 6.07) is 8.18. The van der Waals surface area contributed by atoms with Crippen molar-refractivity contribution in [1.82, 2.24) is 15.1 Å². The van der Waals surface area contributed by atoms with Crippen LogP contribution in [0.25, 0.3) is 0 Å². The van der Waals surface area contributed by atoms with E-state index >= 15 is 0 Å². The molecular formula is C16H19BrClN3. The van der Waals surface area contributed by atoms with Gasteiger partial charge < -0.3 is 5.32 Å². The molecule has 0 atom stereocenters. The van der Waals surface area contributed by atoms with Crippen LogP contribution in [0.3, 0.4) is 0 Å². The van der Waals surface area contributed by atoms with Gasteiger partial charge in [0.05, 0.1) is 15.9 Å². The molecule has 1 aliphatic rings. The van der Waals surface area contributed by atoms with Gasteiger partial charge in [-0.05, 0) is 34.0 Å². The third-order valence-corrected chi connectivity index (χ3v) is 5.63. The van der Waals surface area contributed by atoms with Crippen LogP contribution in [-0.2, 0) is 25.3 Å². The Morgan fingerprint density at radius 3 is 2.62 bits per heavy atom. The van der Waals surface area contributed by atoms with Gasteiger partial charge in [-0.2, -0.15) is 5.10 Å². The summed E-state index contributed by atoms with van der Waals surface area (Å²) in [5.74, 6) is 0. The number of aromatic nitrogens is 2. The Labute approximate surface area is 138 Å². The number of hydrogen-bond donors (Lipinski definition) is 1. The van der Waals surface area contributed by atoms with Gasteiger partial charge in [-0.1, -0.05) is 36.7 Å². The van der Waals surface area contributed by atoms with Crippen LogP contribution in [0.4, 0.5) is 0 Å². The van der Waals surface area contributed by atoms with E-state index in [0.29, 0.717) is 0 Å². The van der Waals surface area contributed by atoms with Crippen molar-refractivity contribution in [3.05, 3.63) is 50.7 Å². The molecular weight excluding hydrogens is 350 g/mol. The zero-order chi connectivity index (χ0) is 15.0. The van der Waals surface area contributed by atoms with Crippen LogP contribution >= 0.6 is 27.5 Å². The van der Waals surface area contributed by atoms with Crippen LogP contribution in [0.2, 0.25) is 5.02 Å². The molecule has 21 heavy (non-hydrogen) atoms. The lowest BCUT2D eigenvalue weighted by Gasteiger charge is -2.44. The molecule has 5 heteroatoms. The summed E-state index contributed by atoms with van der Waals surface area (Å²) in [5, 5.41) is 8.86. The van der Waals surface area contributed by atoms with E-state index in [1.807, 2.05) is 23.9 Å². The van der Waals surface area contributed by atoms with Crippen LogP contribution in [0.15, 0.2) is 28.7 Å². The minimum absolute atomic E-state index is 0.0691. The average molecular weight is 369 g/mol. The van der Waals surface area contributed by atoms with Crippen molar-refractivity contribution in [2.45, 2.75) is 25.2 Å². The lowest BCUT2D eigenvalue weighted by molar-refractivity contribution is 0.269. The number of hydrogen-bond acceptors (Lipinski definition) is 2. The summed E-state index contributed by atoms with van der Waals surface area (Å²) >= 11 is 10.2. The Balaban J connectivity index is 1.99. The molecule has 0 aliphatic carbocycles. The lowest BCUT2D eigenvalue weighted by atomic mass is 9.72. The van der Waals surface area contributed by atoms with Crippen molar-refractivity contribution in [3.63, 3.8) is 0 Å². The van der Waals surface area contributed by atoms with Crippen LogP contribution in [0, 0.1) is 0 Å². The fourth-order valence-corrected chi connectivity index (χ4v) is 4.15. The minimum atomic E-state index is 0.0691. The highest BCUT2D eigenvalue weighted by Gasteiger charge is 2.41. The van der Waals surface area contributed by atoms with E-state index in [9.17, 15) is 0 Å². The third-order valence-electron chi connectivity index (χ3n) is 4.38. The van der Waals surface area contributed by atoms with Crippen LogP contribution in [0.1, 0.15) is 23.9 Å². The van der Waals surface area contributed by atoms with Crippen molar-refractivity contribution in [1.29, 1.82) is 0 Å². The SMILES string of the molecule is CCc1nn(C)c(CC2(c3ccccc3Cl)CNC2)c1Br. The maximum atomic E-state index is 6.44. The first-order chi connectivity index (χ1) is 10.1. The summed E-state index contributed by atoms with van der Waals surface area (Å²) in [5.41, 5.74) is 3.67. The predicted octanol–water partition coefficient (Wildman–Crippen LogP) is 3.48. The van der Waals surface area contributed by atoms with Crippen LogP contribution in [0.5, 0.6) is 0 Å². The summed E-state index contributed by atoms with van der Waals surface area (Å²) in [4.78, 5) is 0. The Morgan fingerprint density at radius 1 is 1.38 bits per heavy atom. The smallest absolute Gasteiger partial charge is 0.0766 e. The first-order valence-corrected chi connectivity index (χ1v) is 8.40. The van der Waals surface area contributed by atoms with Gasteiger partial charge >= 0.3 is 0 Å². The largest absolute Gasteiger partial charge is 0.315 e. The van der Waals surface area contributed by atoms with E-state index in [-0.39, 0.29) is 5.41 Å². The first kappa shape index (κ1) is 15.1. The second-order valence-corrected chi connectivity index (χ2v) is 6.93. The molecule has 1 aliphatic heterocycles. The Hall–Kier alpha value is -0.840. The normalized spacial score (nSPS) is 16.8. The quantitative estimate of drug-likeness (QED) is 0.895. The molecule has 1 aromatic carbocycles. The molecule has 1 N–H and O–H groups in total. The Morgan fingerprint density at radius 2 is 2.10 bits per heavy atom. The van der Waals surface area contributed by atoms with Gasteiger partial charge in [0.25, 0.3) is 0 Å². The first-order valence-electron chi connectivity index (χ1n) is 7.23. The predicted molar refractivity (Wildman–Crippen MR) is 90.0 cm³/mol. The molecule has 0 amide bonds. The van der Waals surface area contributed by atoms with E-state index in [0.717, 1.165) is 41.1 Å². The average Bonchev–Trinajstić information content (AvgIpc) is 2.70. The molecule has 0 saturated carbocycles. The summed E-state index contributed by atoms with van der Waals surface area (Å²) in [6.45, 7) is 4.04. The molecule has 0 bridgehead atoms. The summed E-state index contributed by atoms with van der Waals surface area (Å²) in [7, 11) is 2.02. The number of nitrogens with zero attached hydrogens (tertiary/aromatic N) is 2. The van der Waals surface area contributed by atoms with Crippen molar-refractivity contribution in [2.75, 3.05) is 13.1 Å². The van der Waals surface area contributed by atoms with Gasteiger partial charge in [-0.25, -0.2) is 0 Å². The molecule has 1 aromatic heterocycles. The van der Waals surface area contributed by atoms with Gasteiger partial charge in [-0.3, -0.25) is 4.68 Å². The molecule has 3 rings (SSSR count). The molecule has 0 unspecified atom stereocenters. The standard InChI is InChI=1S/C16H19BrClN3/c1-3-13-15(17)14(21(2)20-13)8-16(9-19-10-16)11-6-4-5-7-12(11)18/h4-7,19H,3,8-10H2,1-2H3. The Bertz CT molecular complexity index is 662. The van der Waals surface area contributed by atoms with Crippen molar-refractivity contribution in [3.8, 4) is 0 Å². The maximum Gasteiger partial charge on any atom is 0.0766 e. The molecule has 0 spiro atoms. The summed E-state index contributed by atoms with van der Waals surface area (Å²) < 4.78 is 3.14. The van der Waals surface area contributed by atoms with Crippen LogP contribution < -0.4 is 5.32 Å². The maximum absolute atomic E-state index is 6.44. The highest BCUT2D eigenvalue weighted by molar-refractivity contribution is 9.10. The van der Waals surface area contributed by atoms with E-state index in [1.54, 1.807) is 0 Å². The van der Waals surface area contributed by atoms with E-state index in [2.05, 4.69) is 45.4 Å². The van der Waals surface area contributed by atoms with Gasteiger partial charge in [-0.15, -0.1) is 0 Å². The molecule has 2 heterocycles. The Kier molecular flexibility index (Phi) is 4.12. The zero-order valence-corrected chi connectivity index (χ0v) is 14.6. The number of aryl methyl sites for hydroxylation is 2. The molecule has 1 fully saturated rings. The zero-order valence-electron chi connectivity index (χ0n) is 12.3. The van der Waals surface area contributed by atoms with Gasteiger partial charge in [0.2, 0.25) is 0 Å². The van der Waals surface area contributed by atoms with Gasteiger partial charge in [0.1, 0.15) is 0 Å². The number of halogens is 2. The highest BCUT2D eigenvalue weighted by Crippen LogP contribution is 2.38. The van der Waals surface area contributed by atoms with Crippen LogP contribution in [-0.4, -0.2) is 22.9 Å². The monoisotopic (exact) mass is 367 g/mol. The highest BCUT2D eigenvalue weighted by atomic mass is 79.9. The molecule has 112 valence electrons. The van der Waals surface area contributed by atoms with E-state index in [1.165, 1.54) is 11.3 Å². The molecule has 0 radical (unpaired) electrons. The summed E-state index contributed by atoms with van der Waals surface area (Å²) in [6.07, 6.45) is 1.87. The molecule has 2 aromatic rings.